The molecule has 0 unspecified atom stereocenters. The van der Waals surface area contributed by atoms with E-state index in [1.807, 2.05) is 18.2 Å². The van der Waals surface area contributed by atoms with Crippen LogP contribution in [0.15, 0.2) is 23.2 Å². The smallest absolute Gasteiger partial charge is 0.231 e. The standard InChI is InChI=1S/C15H24N4O4S/c1-15(2,19-24(4,20)21)9-18-14(16-3)17-8-11-5-6-12-13(7-11)23-10-22-12/h5-7,19H,8-10H2,1-4H3,(H2,16,17,18). The molecule has 9 heteroatoms. The Labute approximate surface area is 142 Å². The average molecular weight is 356 g/mol. The first kappa shape index (κ1) is 18.3. The molecule has 8 nitrogen and oxygen atoms in total. The summed E-state index contributed by atoms with van der Waals surface area (Å²) >= 11 is 0. The molecule has 1 aliphatic rings. The number of nitrogens with one attached hydrogen (secondary N) is 3. The lowest BCUT2D eigenvalue weighted by Crippen LogP contribution is -2.52. The van der Waals surface area contributed by atoms with Gasteiger partial charge in [-0.05, 0) is 31.5 Å². The minimum Gasteiger partial charge on any atom is -0.454 e. The van der Waals surface area contributed by atoms with E-state index >= 15 is 0 Å². The first-order valence-electron chi connectivity index (χ1n) is 7.50. The van der Waals surface area contributed by atoms with Crippen molar-refractivity contribution < 1.29 is 17.9 Å². The van der Waals surface area contributed by atoms with Gasteiger partial charge in [-0.15, -0.1) is 0 Å². The summed E-state index contributed by atoms with van der Waals surface area (Å²) in [5.74, 6) is 2.06. The highest BCUT2D eigenvalue weighted by molar-refractivity contribution is 7.88. The summed E-state index contributed by atoms with van der Waals surface area (Å²) < 4.78 is 35.9. The number of guanidine groups is 1. The molecule has 1 aromatic rings. The maximum absolute atomic E-state index is 11.4. The third kappa shape index (κ3) is 5.57. The molecule has 0 spiro atoms. The van der Waals surface area contributed by atoms with E-state index < -0.39 is 15.6 Å². The Hall–Kier alpha value is -2.00. The van der Waals surface area contributed by atoms with E-state index in [-0.39, 0.29) is 6.79 Å². The van der Waals surface area contributed by atoms with Gasteiger partial charge in [0, 0.05) is 25.7 Å². The summed E-state index contributed by atoms with van der Waals surface area (Å²) in [6, 6.07) is 5.73. The molecule has 2 rings (SSSR count). The molecule has 1 aromatic carbocycles. The molecule has 0 fully saturated rings. The Morgan fingerprint density at radius 2 is 1.96 bits per heavy atom. The molecule has 1 heterocycles. The van der Waals surface area contributed by atoms with Crippen LogP contribution in [0, 0.1) is 0 Å². The first-order chi connectivity index (χ1) is 11.2. The zero-order chi connectivity index (χ0) is 17.8. The molecule has 0 bridgehead atoms. The van der Waals surface area contributed by atoms with Crippen molar-refractivity contribution in [2.75, 3.05) is 26.6 Å². The number of sulfonamides is 1. The molecule has 0 radical (unpaired) electrons. The van der Waals surface area contributed by atoms with Gasteiger partial charge in [0.25, 0.3) is 0 Å². The molecule has 0 aromatic heterocycles. The van der Waals surface area contributed by atoms with Crippen LogP contribution in [0.4, 0.5) is 0 Å². The van der Waals surface area contributed by atoms with Crippen LogP contribution in [0.3, 0.4) is 0 Å². The molecule has 0 saturated carbocycles. The van der Waals surface area contributed by atoms with Crippen LogP contribution in [0.2, 0.25) is 0 Å². The highest BCUT2D eigenvalue weighted by Crippen LogP contribution is 2.32. The van der Waals surface area contributed by atoms with Gasteiger partial charge in [-0.2, -0.15) is 0 Å². The van der Waals surface area contributed by atoms with E-state index in [9.17, 15) is 8.42 Å². The molecule has 0 amide bonds. The highest BCUT2D eigenvalue weighted by Gasteiger charge is 2.22. The van der Waals surface area contributed by atoms with E-state index in [0.29, 0.717) is 19.0 Å². The van der Waals surface area contributed by atoms with Crippen molar-refractivity contribution in [1.82, 2.24) is 15.4 Å². The minimum absolute atomic E-state index is 0.248. The Morgan fingerprint density at radius 1 is 1.25 bits per heavy atom. The van der Waals surface area contributed by atoms with Crippen LogP contribution in [0.5, 0.6) is 11.5 Å². The van der Waals surface area contributed by atoms with Crippen LogP contribution in [-0.4, -0.2) is 46.6 Å². The van der Waals surface area contributed by atoms with Gasteiger partial charge in [0.05, 0.1) is 6.26 Å². The van der Waals surface area contributed by atoms with Crippen molar-refractivity contribution in [3.05, 3.63) is 23.8 Å². The molecule has 0 saturated heterocycles. The lowest BCUT2D eigenvalue weighted by Gasteiger charge is -2.26. The van der Waals surface area contributed by atoms with Gasteiger partial charge in [0.1, 0.15) is 0 Å². The van der Waals surface area contributed by atoms with Gasteiger partial charge in [-0.1, -0.05) is 6.07 Å². The Morgan fingerprint density at radius 3 is 2.62 bits per heavy atom. The van der Waals surface area contributed by atoms with E-state index in [2.05, 4.69) is 20.3 Å². The molecular weight excluding hydrogens is 332 g/mol. The Bertz CT molecular complexity index is 716. The fourth-order valence-corrected chi connectivity index (χ4v) is 3.38. The summed E-state index contributed by atoms with van der Waals surface area (Å²) in [5.41, 5.74) is 0.389. The minimum atomic E-state index is -3.27. The lowest BCUT2D eigenvalue weighted by atomic mass is 10.1. The quantitative estimate of drug-likeness (QED) is 0.504. The molecular formula is C15H24N4O4S. The van der Waals surface area contributed by atoms with Crippen molar-refractivity contribution in [3.63, 3.8) is 0 Å². The fourth-order valence-electron chi connectivity index (χ4n) is 2.30. The van der Waals surface area contributed by atoms with Crippen molar-refractivity contribution in [3.8, 4) is 11.5 Å². The molecule has 0 atom stereocenters. The van der Waals surface area contributed by atoms with Crippen molar-refractivity contribution in [2.45, 2.75) is 25.9 Å². The van der Waals surface area contributed by atoms with Crippen LogP contribution < -0.4 is 24.8 Å². The summed E-state index contributed by atoms with van der Waals surface area (Å²) in [6.07, 6.45) is 1.14. The second kappa shape index (κ2) is 7.27. The number of fused-ring (bicyclic) bond motifs is 1. The van der Waals surface area contributed by atoms with Crippen molar-refractivity contribution >= 4 is 16.0 Å². The van der Waals surface area contributed by atoms with Gasteiger partial charge in [-0.3, -0.25) is 4.99 Å². The maximum atomic E-state index is 11.4. The second-order valence-electron chi connectivity index (χ2n) is 6.23. The third-order valence-electron chi connectivity index (χ3n) is 3.28. The predicted octanol–water partition coefficient (Wildman–Crippen LogP) is 0.408. The summed E-state index contributed by atoms with van der Waals surface area (Å²) in [5, 5.41) is 6.29. The van der Waals surface area contributed by atoms with Gasteiger partial charge >= 0.3 is 0 Å². The highest BCUT2D eigenvalue weighted by atomic mass is 32.2. The van der Waals surface area contributed by atoms with Crippen molar-refractivity contribution in [1.29, 1.82) is 0 Å². The number of ether oxygens (including phenoxy) is 2. The van der Waals surface area contributed by atoms with Crippen LogP contribution in [0.25, 0.3) is 0 Å². The van der Waals surface area contributed by atoms with Crippen LogP contribution in [0.1, 0.15) is 19.4 Å². The Balaban J connectivity index is 1.86. The van der Waals surface area contributed by atoms with Crippen molar-refractivity contribution in [2.24, 2.45) is 4.99 Å². The molecule has 134 valence electrons. The number of hydrogen-bond donors (Lipinski definition) is 3. The summed E-state index contributed by atoms with van der Waals surface area (Å²) in [7, 11) is -1.61. The maximum Gasteiger partial charge on any atom is 0.231 e. The van der Waals surface area contributed by atoms with Crippen LogP contribution in [-0.2, 0) is 16.6 Å². The number of hydrogen-bond acceptors (Lipinski definition) is 5. The predicted molar refractivity (Wildman–Crippen MR) is 92.8 cm³/mol. The van der Waals surface area contributed by atoms with Gasteiger partial charge in [-0.25, -0.2) is 13.1 Å². The molecule has 0 aliphatic carbocycles. The topological polar surface area (TPSA) is 101 Å². The van der Waals surface area contributed by atoms with Gasteiger partial charge in [0.15, 0.2) is 17.5 Å². The van der Waals surface area contributed by atoms with E-state index in [4.69, 9.17) is 9.47 Å². The Kier molecular flexibility index (Phi) is 5.55. The van der Waals surface area contributed by atoms with E-state index in [1.54, 1.807) is 20.9 Å². The molecule has 1 aliphatic heterocycles. The SMILES string of the molecule is CN=C(NCc1ccc2c(c1)OCO2)NCC(C)(C)NS(C)(=O)=O. The van der Waals surface area contributed by atoms with E-state index in [1.165, 1.54) is 0 Å². The normalized spacial score (nSPS) is 14.6. The molecule has 3 N–H and O–H groups in total. The molecule has 24 heavy (non-hydrogen) atoms. The zero-order valence-corrected chi connectivity index (χ0v) is 15.2. The lowest BCUT2D eigenvalue weighted by molar-refractivity contribution is 0.174. The fraction of sp³-hybridized carbons (Fsp3) is 0.533. The largest absolute Gasteiger partial charge is 0.454 e. The number of nitrogens with zero attached hydrogens (tertiary/aromatic N) is 1. The van der Waals surface area contributed by atoms with Gasteiger partial charge in [0.2, 0.25) is 16.8 Å². The summed E-state index contributed by atoms with van der Waals surface area (Å²) in [6.45, 7) is 4.79. The number of benzene rings is 1. The average Bonchev–Trinajstić information content (AvgIpc) is 2.92. The first-order valence-corrected chi connectivity index (χ1v) is 9.40. The second-order valence-corrected chi connectivity index (χ2v) is 7.97. The van der Waals surface area contributed by atoms with Crippen LogP contribution >= 0.6 is 0 Å². The van der Waals surface area contributed by atoms with E-state index in [0.717, 1.165) is 23.3 Å². The number of aliphatic imine (C=N–C) groups is 1. The summed E-state index contributed by atoms with van der Waals surface area (Å²) in [4.78, 5) is 4.14. The van der Waals surface area contributed by atoms with Gasteiger partial charge < -0.3 is 20.1 Å². The number of rotatable bonds is 6. The monoisotopic (exact) mass is 356 g/mol. The third-order valence-corrected chi connectivity index (χ3v) is 4.20. The zero-order valence-electron chi connectivity index (χ0n) is 14.3.